The fourth-order valence-corrected chi connectivity index (χ4v) is 4.19. The van der Waals surface area contributed by atoms with Crippen molar-refractivity contribution in [2.45, 2.75) is 76.9 Å². The van der Waals surface area contributed by atoms with Gasteiger partial charge in [0.15, 0.2) is 0 Å². The molecule has 0 aromatic heterocycles. The molecule has 0 spiro atoms. The van der Waals surface area contributed by atoms with Crippen molar-refractivity contribution < 1.29 is 0 Å². The van der Waals surface area contributed by atoms with Crippen molar-refractivity contribution in [1.82, 2.24) is 5.32 Å². The van der Waals surface area contributed by atoms with Gasteiger partial charge in [-0.15, -0.1) is 0 Å². The highest BCUT2D eigenvalue weighted by molar-refractivity contribution is 5.52. The molecule has 0 aliphatic carbocycles. The van der Waals surface area contributed by atoms with Gasteiger partial charge in [-0.1, -0.05) is 39.8 Å². The Morgan fingerprint density at radius 3 is 2.10 bits per heavy atom. The van der Waals surface area contributed by atoms with Gasteiger partial charge in [0.25, 0.3) is 0 Å². The van der Waals surface area contributed by atoms with Crippen LogP contribution in [0.3, 0.4) is 0 Å². The fraction of sp³-hybridized carbons (Fsp3) is 0.684. The smallest absolute Gasteiger partial charge is 0.0371 e. The highest BCUT2D eigenvalue weighted by Crippen LogP contribution is 2.39. The second kappa shape index (κ2) is 5.64. The second-order valence-corrected chi connectivity index (χ2v) is 7.82. The Morgan fingerprint density at radius 2 is 1.62 bits per heavy atom. The van der Waals surface area contributed by atoms with E-state index in [9.17, 15) is 0 Å². The van der Waals surface area contributed by atoms with Gasteiger partial charge in [-0.3, -0.25) is 0 Å². The predicted molar refractivity (Wildman–Crippen MR) is 91.1 cm³/mol. The van der Waals surface area contributed by atoms with E-state index in [0.29, 0.717) is 0 Å². The van der Waals surface area contributed by atoms with Crippen molar-refractivity contribution in [2.75, 3.05) is 11.4 Å². The van der Waals surface area contributed by atoms with Gasteiger partial charge in [-0.2, -0.15) is 0 Å². The number of rotatable bonds is 3. The van der Waals surface area contributed by atoms with Crippen LogP contribution in [0, 0.1) is 0 Å². The summed E-state index contributed by atoms with van der Waals surface area (Å²) in [6.07, 6.45) is 5.36. The lowest BCUT2D eigenvalue weighted by Gasteiger charge is -2.41. The zero-order valence-electron chi connectivity index (χ0n) is 14.0. The summed E-state index contributed by atoms with van der Waals surface area (Å²) in [6, 6.07) is 11.6. The molecule has 1 N–H and O–H groups in total. The Kier molecular flexibility index (Phi) is 4.00. The molecule has 1 aromatic carbocycles. The van der Waals surface area contributed by atoms with Gasteiger partial charge < -0.3 is 10.2 Å². The van der Waals surface area contributed by atoms with Crippen LogP contribution in [-0.2, 0) is 5.41 Å². The van der Waals surface area contributed by atoms with Crippen molar-refractivity contribution >= 4 is 5.69 Å². The van der Waals surface area contributed by atoms with E-state index in [0.717, 1.165) is 24.7 Å². The Bertz CT molecular complexity index is 457. The number of fused-ring (bicyclic) bond motifs is 2. The normalized spacial score (nSPS) is 29.0. The van der Waals surface area contributed by atoms with Gasteiger partial charge >= 0.3 is 0 Å². The first-order valence-electron chi connectivity index (χ1n) is 8.61. The van der Waals surface area contributed by atoms with Crippen LogP contribution in [0.2, 0.25) is 0 Å². The van der Waals surface area contributed by atoms with E-state index in [1.165, 1.54) is 36.9 Å². The first kappa shape index (κ1) is 14.9. The van der Waals surface area contributed by atoms with E-state index in [1.54, 1.807) is 0 Å². The van der Waals surface area contributed by atoms with E-state index in [2.05, 4.69) is 62.2 Å². The summed E-state index contributed by atoms with van der Waals surface area (Å²) < 4.78 is 0. The number of hydrogen-bond acceptors (Lipinski definition) is 2. The van der Waals surface area contributed by atoms with Crippen molar-refractivity contribution in [3.8, 4) is 0 Å². The molecule has 2 nitrogen and oxygen atoms in total. The highest BCUT2D eigenvalue weighted by Gasteiger charge is 2.40. The van der Waals surface area contributed by atoms with Gasteiger partial charge in [0.2, 0.25) is 0 Å². The van der Waals surface area contributed by atoms with E-state index in [1.807, 2.05) is 0 Å². The molecular weight excluding hydrogens is 256 g/mol. The summed E-state index contributed by atoms with van der Waals surface area (Å²) in [7, 11) is 0. The Balaban J connectivity index is 1.76. The minimum absolute atomic E-state index is 0.246. The SMILES string of the molecule is CCNC1CC2CCC(C1)N2c1ccc(C(C)(C)C)cc1. The average Bonchev–Trinajstić information content (AvgIpc) is 2.70. The topological polar surface area (TPSA) is 15.3 Å². The van der Waals surface area contributed by atoms with Gasteiger partial charge in [0, 0.05) is 23.8 Å². The highest BCUT2D eigenvalue weighted by atomic mass is 15.2. The third-order valence-corrected chi connectivity index (χ3v) is 5.26. The van der Waals surface area contributed by atoms with E-state index < -0.39 is 0 Å². The molecule has 2 atom stereocenters. The number of anilines is 1. The standard InChI is InChI=1S/C19H30N2/c1-5-20-15-12-17-10-11-18(13-15)21(17)16-8-6-14(7-9-16)19(2,3)4/h6-9,15,17-18,20H,5,10-13H2,1-4H3. The van der Waals surface area contributed by atoms with Gasteiger partial charge in [-0.25, -0.2) is 0 Å². The minimum atomic E-state index is 0.246. The fourth-order valence-electron chi connectivity index (χ4n) is 4.19. The first-order chi connectivity index (χ1) is 9.99. The Hall–Kier alpha value is -1.02. The molecular formula is C19H30N2. The van der Waals surface area contributed by atoms with E-state index in [-0.39, 0.29) is 5.41 Å². The number of benzene rings is 1. The maximum atomic E-state index is 3.66. The van der Waals surface area contributed by atoms with Crippen molar-refractivity contribution in [2.24, 2.45) is 0 Å². The van der Waals surface area contributed by atoms with Gasteiger partial charge in [-0.05, 0) is 55.3 Å². The molecule has 1 aromatic rings. The number of nitrogens with zero attached hydrogens (tertiary/aromatic N) is 1. The molecule has 2 bridgehead atoms. The van der Waals surface area contributed by atoms with Crippen LogP contribution in [0.4, 0.5) is 5.69 Å². The summed E-state index contributed by atoms with van der Waals surface area (Å²) in [4.78, 5) is 2.71. The summed E-state index contributed by atoms with van der Waals surface area (Å²) in [5, 5.41) is 3.66. The Labute approximate surface area is 129 Å². The second-order valence-electron chi connectivity index (χ2n) is 7.82. The number of hydrogen-bond donors (Lipinski definition) is 1. The lowest BCUT2D eigenvalue weighted by molar-refractivity contribution is 0.361. The molecule has 2 heteroatoms. The third kappa shape index (κ3) is 2.96. The van der Waals surface area contributed by atoms with Crippen LogP contribution in [0.15, 0.2) is 24.3 Å². The van der Waals surface area contributed by atoms with Crippen molar-refractivity contribution in [3.63, 3.8) is 0 Å². The van der Waals surface area contributed by atoms with Crippen LogP contribution in [0.5, 0.6) is 0 Å². The molecule has 0 amide bonds. The molecule has 21 heavy (non-hydrogen) atoms. The zero-order valence-corrected chi connectivity index (χ0v) is 14.0. The summed E-state index contributed by atoms with van der Waals surface area (Å²) >= 11 is 0. The van der Waals surface area contributed by atoms with Crippen LogP contribution in [0.1, 0.15) is 58.9 Å². The summed E-state index contributed by atoms with van der Waals surface area (Å²) in [6.45, 7) is 10.2. The van der Waals surface area contributed by atoms with Crippen LogP contribution in [0.25, 0.3) is 0 Å². The molecule has 2 aliphatic heterocycles. The molecule has 116 valence electrons. The monoisotopic (exact) mass is 286 g/mol. The van der Waals surface area contributed by atoms with Crippen molar-refractivity contribution in [3.05, 3.63) is 29.8 Å². The number of piperidine rings is 1. The summed E-state index contributed by atoms with van der Waals surface area (Å²) in [5.74, 6) is 0. The molecule has 2 aliphatic rings. The minimum Gasteiger partial charge on any atom is -0.365 e. The number of nitrogens with one attached hydrogen (secondary N) is 1. The molecule has 2 saturated heterocycles. The molecule has 0 radical (unpaired) electrons. The van der Waals surface area contributed by atoms with Crippen LogP contribution >= 0.6 is 0 Å². The maximum Gasteiger partial charge on any atom is 0.0371 e. The predicted octanol–water partition coefficient (Wildman–Crippen LogP) is 4.09. The van der Waals surface area contributed by atoms with Gasteiger partial charge in [0.1, 0.15) is 0 Å². The zero-order chi connectivity index (χ0) is 15.0. The lowest BCUT2D eigenvalue weighted by Crippen LogP contribution is -2.49. The molecule has 0 saturated carbocycles. The largest absolute Gasteiger partial charge is 0.365 e. The Morgan fingerprint density at radius 1 is 1.05 bits per heavy atom. The van der Waals surface area contributed by atoms with E-state index in [4.69, 9.17) is 0 Å². The first-order valence-corrected chi connectivity index (χ1v) is 8.61. The molecule has 3 rings (SSSR count). The summed E-state index contributed by atoms with van der Waals surface area (Å²) in [5.41, 5.74) is 3.11. The van der Waals surface area contributed by atoms with Crippen LogP contribution < -0.4 is 10.2 Å². The lowest BCUT2D eigenvalue weighted by atomic mass is 9.87. The maximum absolute atomic E-state index is 3.66. The molecule has 2 unspecified atom stereocenters. The average molecular weight is 286 g/mol. The molecule has 2 fully saturated rings. The quantitative estimate of drug-likeness (QED) is 0.900. The third-order valence-electron chi connectivity index (χ3n) is 5.26. The van der Waals surface area contributed by atoms with Crippen molar-refractivity contribution in [1.29, 1.82) is 0 Å². The van der Waals surface area contributed by atoms with Gasteiger partial charge in [0.05, 0.1) is 0 Å². The van der Waals surface area contributed by atoms with Crippen LogP contribution in [-0.4, -0.2) is 24.7 Å². The van der Waals surface area contributed by atoms with E-state index >= 15 is 0 Å². The molecule has 2 heterocycles.